The Labute approximate surface area is 111 Å². The van der Waals surface area contributed by atoms with Gasteiger partial charge in [-0.1, -0.05) is 6.07 Å². The molecule has 2 heterocycles. The van der Waals surface area contributed by atoms with Crippen LogP contribution >= 0.6 is 15.9 Å². The highest BCUT2D eigenvalue weighted by Crippen LogP contribution is 2.22. The molecule has 2 aromatic heterocycles. The van der Waals surface area contributed by atoms with Crippen LogP contribution in [0.1, 0.15) is 5.56 Å². The second kappa shape index (κ2) is 5.13. The van der Waals surface area contributed by atoms with Gasteiger partial charge in [-0.15, -0.1) is 0 Å². The highest BCUT2D eigenvalue weighted by molar-refractivity contribution is 9.10. The first kappa shape index (κ1) is 12.5. The largest absolute Gasteiger partial charge is 0.404 e. The van der Waals surface area contributed by atoms with E-state index >= 15 is 0 Å². The van der Waals surface area contributed by atoms with E-state index in [1.165, 1.54) is 4.68 Å². The van der Waals surface area contributed by atoms with Crippen molar-refractivity contribution in [3.8, 4) is 0 Å². The minimum atomic E-state index is -0.525. The molecule has 0 aliphatic rings. The van der Waals surface area contributed by atoms with Gasteiger partial charge in [0.2, 0.25) is 0 Å². The first-order chi connectivity index (χ1) is 8.60. The molecular weight excluding hydrogens is 302 g/mol. The number of hydrogen-bond acceptors (Lipinski definition) is 5. The van der Waals surface area contributed by atoms with E-state index in [2.05, 4.69) is 31.3 Å². The Morgan fingerprint density at radius 3 is 2.83 bits per heavy atom. The topological polar surface area (TPSA) is 85.9 Å². The molecule has 0 atom stereocenters. The maximum absolute atomic E-state index is 10.7. The smallest absolute Gasteiger partial charge is 0.373 e. The molecule has 0 aliphatic heterocycles. The summed E-state index contributed by atoms with van der Waals surface area (Å²) in [6.45, 7) is 0.434. The number of pyridine rings is 1. The lowest BCUT2D eigenvalue weighted by molar-refractivity contribution is -0.390. The van der Waals surface area contributed by atoms with Crippen LogP contribution in [0.3, 0.4) is 0 Å². The Balaban J connectivity index is 2.18. The average Bonchev–Trinajstić information content (AvgIpc) is 2.71. The van der Waals surface area contributed by atoms with Gasteiger partial charge in [0.1, 0.15) is 10.3 Å². The molecule has 2 rings (SSSR count). The number of nitrogens with zero attached hydrogens (tertiary/aromatic N) is 4. The fourth-order valence-corrected chi connectivity index (χ4v) is 1.90. The fourth-order valence-electron chi connectivity index (χ4n) is 1.44. The molecule has 0 unspecified atom stereocenters. The maximum Gasteiger partial charge on any atom is 0.404 e. The number of aromatic nitrogens is 3. The van der Waals surface area contributed by atoms with Crippen molar-refractivity contribution in [3.05, 3.63) is 44.7 Å². The van der Waals surface area contributed by atoms with Crippen LogP contribution in [0.2, 0.25) is 0 Å². The molecular formula is C10H10BrN5O2. The van der Waals surface area contributed by atoms with Crippen molar-refractivity contribution in [2.45, 2.75) is 6.54 Å². The molecule has 1 N–H and O–H groups in total. The van der Waals surface area contributed by atoms with E-state index in [1.807, 2.05) is 12.1 Å². The average molecular weight is 312 g/mol. The van der Waals surface area contributed by atoms with Crippen molar-refractivity contribution < 1.29 is 4.92 Å². The Bertz CT molecular complexity index is 566. The lowest BCUT2D eigenvalue weighted by Gasteiger charge is -2.00. The molecule has 0 radical (unpaired) electrons. The van der Waals surface area contributed by atoms with Gasteiger partial charge in [0.15, 0.2) is 0 Å². The zero-order valence-electron chi connectivity index (χ0n) is 9.50. The summed E-state index contributed by atoms with van der Waals surface area (Å²) in [5, 5.41) is 17.4. The van der Waals surface area contributed by atoms with E-state index in [9.17, 15) is 10.1 Å². The second-order valence-corrected chi connectivity index (χ2v) is 4.41. The van der Waals surface area contributed by atoms with Gasteiger partial charge < -0.3 is 15.4 Å². The van der Waals surface area contributed by atoms with Crippen LogP contribution in [-0.4, -0.2) is 26.7 Å². The van der Waals surface area contributed by atoms with E-state index in [0.29, 0.717) is 11.0 Å². The minimum Gasteiger partial charge on any atom is -0.373 e. The normalized spacial score (nSPS) is 10.3. The number of anilines is 1. The molecule has 0 aliphatic carbocycles. The SMILES string of the molecule is CNc1ccc(Cn2cc(Br)c([N+](=O)[O-])n2)cn1. The predicted molar refractivity (Wildman–Crippen MR) is 69.5 cm³/mol. The van der Waals surface area contributed by atoms with Gasteiger partial charge >= 0.3 is 5.82 Å². The summed E-state index contributed by atoms with van der Waals surface area (Å²) in [6, 6.07) is 3.72. The first-order valence-corrected chi connectivity index (χ1v) is 5.89. The van der Waals surface area contributed by atoms with Gasteiger partial charge in [-0.3, -0.25) is 0 Å². The molecule has 8 heteroatoms. The summed E-state index contributed by atoms with van der Waals surface area (Å²) in [6.07, 6.45) is 3.28. The minimum absolute atomic E-state index is 0.185. The van der Waals surface area contributed by atoms with Crippen LogP contribution < -0.4 is 5.32 Å². The number of nitrogens with one attached hydrogen (secondary N) is 1. The van der Waals surface area contributed by atoms with Crippen LogP contribution in [0.5, 0.6) is 0 Å². The molecule has 94 valence electrons. The molecule has 2 aromatic rings. The molecule has 0 amide bonds. The van der Waals surface area contributed by atoms with Crippen LogP contribution in [0.25, 0.3) is 0 Å². The predicted octanol–water partition coefficient (Wildman–Crippen LogP) is 2.04. The van der Waals surface area contributed by atoms with E-state index in [1.54, 1.807) is 19.4 Å². The van der Waals surface area contributed by atoms with E-state index in [-0.39, 0.29) is 5.82 Å². The molecule has 0 spiro atoms. The number of halogens is 1. The van der Waals surface area contributed by atoms with Gasteiger partial charge in [0.25, 0.3) is 0 Å². The van der Waals surface area contributed by atoms with Gasteiger partial charge in [0.05, 0.1) is 17.8 Å². The van der Waals surface area contributed by atoms with Crippen molar-refractivity contribution in [1.29, 1.82) is 0 Å². The standard InChI is InChI=1S/C10H10BrN5O2/c1-12-9-3-2-7(4-13-9)5-15-6-8(11)10(14-15)16(17)18/h2-4,6H,5H2,1H3,(H,12,13). The number of hydrogen-bond donors (Lipinski definition) is 1. The zero-order valence-corrected chi connectivity index (χ0v) is 11.1. The van der Waals surface area contributed by atoms with E-state index in [4.69, 9.17) is 0 Å². The Hall–Kier alpha value is -1.96. The molecule has 18 heavy (non-hydrogen) atoms. The quantitative estimate of drug-likeness (QED) is 0.689. The molecule has 7 nitrogen and oxygen atoms in total. The Kier molecular flexibility index (Phi) is 3.56. The van der Waals surface area contributed by atoms with Crippen LogP contribution in [-0.2, 0) is 6.54 Å². The monoisotopic (exact) mass is 311 g/mol. The van der Waals surface area contributed by atoms with Crippen LogP contribution in [0.4, 0.5) is 11.6 Å². The van der Waals surface area contributed by atoms with Gasteiger partial charge in [-0.25, -0.2) is 4.98 Å². The summed E-state index contributed by atoms with van der Waals surface area (Å²) in [5.41, 5.74) is 0.916. The molecule has 0 aromatic carbocycles. The van der Waals surface area contributed by atoms with Crippen molar-refractivity contribution >= 4 is 27.6 Å². The lowest BCUT2D eigenvalue weighted by atomic mass is 10.3. The Morgan fingerprint density at radius 1 is 1.56 bits per heavy atom. The second-order valence-electron chi connectivity index (χ2n) is 3.56. The van der Waals surface area contributed by atoms with Crippen molar-refractivity contribution in [2.24, 2.45) is 0 Å². The highest BCUT2D eigenvalue weighted by atomic mass is 79.9. The number of nitro groups is 1. The summed E-state index contributed by atoms with van der Waals surface area (Å²) < 4.78 is 1.87. The third-order valence-electron chi connectivity index (χ3n) is 2.30. The molecule has 0 saturated carbocycles. The van der Waals surface area contributed by atoms with Gasteiger partial charge in [-0.05, 0) is 32.5 Å². The van der Waals surface area contributed by atoms with Crippen molar-refractivity contribution in [1.82, 2.24) is 14.8 Å². The van der Waals surface area contributed by atoms with E-state index < -0.39 is 4.92 Å². The summed E-state index contributed by atoms with van der Waals surface area (Å²) in [5.74, 6) is 0.584. The maximum atomic E-state index is 10.7. The number of rotatable bonds is 4. The van der Waals surface area contributed by atoms with Crippen LogP contribution in [0.15, 0.2) is 29.0 Å². The van der Waals surface area contributed by atoms with Crippen LogP contribution in [0, 0.1) is 10.1 Å². The van der Waals surface area contributed by atoms with Gasteiger partial charge in [0, 0.05) is 13.2 Å². The molecule has 0 saturated heterocycles. The summed E-state index contributed by atoms with van der Waals surface area (Å²) in [4.78, 5) is 14.3. The zero-order chi connectivity index (χ0) is 13.1. The third kappa shape index (κ3) is 2.65. The Morgan fingerprint density at radius 2 is 2.33 bits per heavy atom. The summed E-state index contributed by atoms with van der Waals surface area (Å²) >= 11 is 3.10. The lowest BCUT2D eigenvalue weighted by Crippen LogP contribution is -2.02. The molecule has 0 fully saturated rings. The van der Waals surface area contributed by atoms with Crippen molar-refractivity contribution in [2.75, 3.05) is 12.4 Å². The molecule has 0 bridgehead atoms. The first-order valence-electron chi connectivity index (χ1n) is 5.10. The fraction of sp³-hybridized carbons (Fsp3) is 0.200. The van der Waals surface area contributed by atoms with Crippen molar-refractivity contribution in [3.63, 3.8) is 0 Å². The third-order valence-corrected chi connectivity index (χ3v) is 2.86. The van der Waals surface area contributed by atoms with Gasteiger partial charge in [-0.2, -0.15) is 4.68 Å². The summed E-state index contributed by atoms with van der Waals surface area (Å²) in [7, 11) is 1.79. The van der Waals surface area contributed by atoms with E-state index in [0.717, 1.165) is 11.4 Å². The highest BCUT2D eigenvalue weighted by Gasteiger charge is 2.18.